The van der Waals surface area contributed by atoms with Crippen molar-refractivity contribution in [3.8, 4) is 0 Å². The van der Waals surface area contributed by atoms with Gasteiger partial charge in [-0.2, -0.15) is 0 Å². The number of hydrogen-bond donors (Lipinski definition) is 1. The van der Waals surface area contributed by atoms with Crippen LogP contribution >= 0.6 is 0 Å². The molecule has 3 aromatic rings. The monoisotopic (exact) mass is 422 g/mol. The molecule has 0 saturated heterocycles. The second-order valence-corrected chi connectivity index (χ2v) is 9.36. The number of aromatic nitrogens is 6. The summed E-state index contributed by atoms with van der Waals surface area (Å²) in [6, 6.07) is 7.97. The smallest absolute Gasteiger partial charge is 0.173 e. The van der Waals surface area contributed by atoms with Gasteiger partial charge in [-0.05, 0) is 54.5 Å². The van der Waals surface area contributed by atoms with Gasteiger partial charge in [0.15, 0.2) is 5.82 Å². The van der Waals surface area contributed by atoms with E-state index in [0.717, 1.165) is 30.2 Å². The molecular weight excluding hydrogens is 388 g/mol. The van der Waals surface area contributed by atoms with Crippen LogP contribution in [0.15, 0.2) is 42.9 Å². The van der Waals surface area contributed by atoms with Crippen LogP contribution in [-0.2, 0) is 11.0 Å². The van der Waals surface area contributed by atoms with E-state index in [0.29, 0.717) is 0 Å². The van der Waals surface area contributed by atoms with Crippen LogP contribution in [0.3, 0.4) is 0 Å². The highest BCUT2D eigenvalue weighted by molar-refractivity contribution is 5.49. The first-order valence-corrected chi connectivity index (χ1v) is 10.7. The predicted molar refractivity (Wildman–Crippen MR) is 123 cm³/mol. The zero-order valence-electron chi connectivity index (χ0n) is 19.7. The van der Waals surface area contributed by atoms with Gasteiger partial charge in [0.2, 0.25) is 0 Å². The molecule has 1 N–H and O–H groups in total. The van der Waals surface area contributed by atoms with E-state index in [4.69, 9.17) is 0 Å². The van der Waals surface area contributed by atoms with Crippen molar-refractivity contribution in [2.24, 2.45) is 0 Å². The molecule has 8 nitrogen and oxygen atoms in total. The lowest BCUT2D eigenvalue weighted by molar-refractivity contribution is 0.282. The highest BCUT2D eigenvalue weighted by Crippen LogP contribution is 2.31. The summed E-state index contributed by atoms with van der Waals surface area (Å²) in [5.74, 6) is 1.68. The molecule has 8 heteroatoms. The molecule has 166 valence electrons. The molecule has 0 aliphatic heterocycles. The molecule has 0 aromatic carbocycles. The number of tetrazole rings is 1. The van der Waals surface area contributed by atoms with Gasteiger partial charge in [0.25, 0.3) is 0 Å². The normalized spacial score (nSPS) is 13.3. The lowest BCUT2D eigenvalue weighted by Gasteiger charge is -2.32. The molecule has 1 unspecified atom stereocenters. The van der Waals surface area contributed by atoms with Crippen LogP contribution in [0.5, 0.6) is 0 Å². The molecule has 0 aliphatic carbocycles. The van der Waals surface area contributed by atoms with Crippen LogP contribution in [-0.4, -0.2) is 50.8 Å². The fourth-order valence-corrected chi connectivity index (χ4v) is 3.57. The van der Waals surface area contributed by atoms with Crippen molar-refractivity contribution >= 4 is 5.82 Å². The summed E-state index contributed by atoms with van der Waals surface area (Å²) in [5, 5.41) is 16.6. The van der Waals surface area contributed by atoms with Crippen molar-refractivity contribution in [1.29, 1.82) is 0 Å². The maximum Gasteiger partial charge on any atom is 0.173 e. The van der Waals surface area contributed by atoms with Crippen LogP contribution in [0.25, 0.3) is 0 Å². The topological polar surface area (TPSA) is 84.7 Å². The Kier molecular flexibility index (Phi) is 6.69. The third-order valence-electron chi connectivity index (χ3n) is 5.95. The first-order valence-electron chi connectivity index (χ1n) is 10.7. The molecule has 3 heterocycles. The zero-order chi connectivity index (χ0) is 22.6. The Morgan fingerprint density at radius 2 is 1.77 bits per heavy atom. The second-order valence-electron chi connectivity index (χ2n) is 9.36. The largest absolute Gasteiger partial charge is 0.362 e. The number of nitrogens with one attached hydrogen (secondary N) is 1. The Morgan fingerprint density at radius 1 is 1.06 bits per heavy atom. The van der Waals surface area contributed by atoms with E-state index in [1.165, 1.54) is 5.56 Å². The quantitative estimate of drug-likeness (QED) is 0.566. The van der Waals surface area contributed by atoms with Crippen LogP contribution in [0.1, 0.15) is 64.0 Å². The van der Waals surface area contributed by atoms with Crippen molar-refractivity contribution in [2.75, 3.05) is 25.5 Å². The summed E-state index contributed by atoms with van der Waals surface area (Å²) in [5.41, 5.74) is 1.95. The summed E-state index contributed by atoms with van der Waals surface area (Å²) >= 11 is 0. The van der Waals surface area contributed by atoms with Crippen LogP contribution < -0.4 is 10.2 Å². The molecule has 0 saturated carbocycles. The van der Waals surface area contributed by atoms with Gasteiger partial charge in [-0.1, -0.05) is 26.8 Å². The van der Waals surface area contributed by atoms with E-state index in [2.05, 4.69) is 83.6 Å². The van der Waals surface area contributed by atoms with E-state index in [1.807, 2.05) is 48.3 Å². The molecule has 1 atom stereocenters. The number of nitrogens with zero attached hydrogens (tertiary/aromatic N) is 7. The summed E-state index contributed by atoms with van der Waals surface area (Å²) in [6.45, 7) is 11.6. The van der Waals surface area contributed by atoms with Crippen molar-refractivity contribution in [1.82, 2.24) is 35.5 Å². The highest BCUT2D eigenvalue weighted by atomic mass is 15.6. The average Bonchev–Trinajstić information content (AvgIpc) is 3.25. The van der Waals surface area contributed by atoms with Gasteiger partial charge in [0.05, 0.1) is 11.6 Å². The Balaban J connectivity index is 2.04. The van der Waals surface area contributed by atoms with Gasteiger partial charge in [-0.3, -0.25) is 4.98 Å². The van der Waals surface area contributed by atoms with Crippen LogP contribution in [0.4, 0.5) is 5.82 Å². The van der Waals surface area contributed by atoms with Gasteiger partial charge >= 0.3 is 0 Å². The maximum absolute atomic E-state index is 4.62. The number of hydrogen-bond acceptors (Lipinski definition) is 7. The lowest BCUT2D eigenvalue weighted by atomic mass is 9.85. The minimum absolute atomic E-state index is 0.111. The second kappa shape index (κ2) is 9.09. The molecule has 3 rings (SSSR count). The Hall–Kier alpha value is -2.87. The summed E-state index contributed by atoms with van der Waals surface area (Å²) in [4.78, 5) is 10.8. The molecule has 3 aromatic heterocycles. The summed E-state index contributed by atoms with van der Waals surface area (Å²) < 4.78 is 1.94. The number of pyridine rings is 2. The Labute approximate surface area is 185 Å². The van der Waals surface area contributed by atoms with Crippen LogP contribution in [0.2, 0.25) is 0 Å². The van der Waals surface area contributed by atoms with Crippen LogP contribution in [0, 0.1) is 0 Å². The maximum atomic E-state index is 4.62. The minimum atomic E-state index is -0.215. The average molecular weight is 423 g/mol. The molecule has 0 radical (unpaired) electrons. The van der Waals surface area contributed by atoms with E-state index >= 15 is 0 Å². The standard InChI is InChI=1S/C23H34N8/c1-8-23(4,5)31-21(27-28-29-31)19(18-10-9-13-25-20(18)30(6)7)26-16-22(2,3)17-11-14-24-15-12-17/h9-15,19,26H,8,16H2,1-7H3. The third-order valence-corrected chi connectivity index (χ3v) is 5.95. The SMILES string of the molecule is CCC(C)(C)n1nnnc1C(NCC(C)(C)c1ccncc1)c1cccnc1N(C)C. The third kappa shape index (κ3) is 4.90. The number of anilines is 1. The minimum Gasteiger partial charge on any atom is -0.362 e. The lowest BCUT2D eigenvalue weighted by Crippen LogP contribution is -2.39. The van der Waals surface area contributed by atoms with Crippen molar-refractivity contribution in [2.45, 2.75) is 58.0 Å². The first kappa shape index (κ1) is 22.8. The van der Waals surface area contributed by atoms with Gasteiger partial charge in [0.1, 0.15) is 5.82 Å². The molecule has 0 fully saturated rings. The van der Waals surface area contributed by atoms with Crippen molar-refractivity contribution in [3.05, 3.63) is 59.8 Å². The van der Waals surface area contributed by atoms with Crippen molar-refractivity contribution in [3.63, 3.8) is 0 Å². The van der Waals surface area contributed by atoms with E-state index in [9.17, 15) is 0 Å². The highest BCUT2D eigenvalue weighted by Gasteiger charge is 2.32. The van der Waals surface area contributed by atoms with Gasteiger partial charge in [-0.25, -0.2) is 9.67 Å². The van der Waals surface area contributed by atoms with Gasteiger partial charge < -0.3 is 10.2 Å². The molecule has 0 aliphatic rings. The fourth-order valence-electron chi connectivity index (χ4n) is 3.57. The Morgan fingerprint density at radius 3 is 2.42 bits per heavy atom. The van der Waals surface area contributed by atoms with Gasteiger partial charge in [-0.15, -0.1) is 5.10 Å². The summed E-state index contributed by atoms with van der Waals surface area (Å²) in [7, 11) is 4.01. The van der Waals surface area contributed by atoms with E-state index < -0.39 is 0 Å². The van der Waals surface area contributed by atoms with E-state index in [1.54, 1.807) is 0 Å². The molecule has 0 amide bonds. The van der Waals surface area contributed by atoms with Crippen molar-refractivity contribution < 1.29 is 0 Å². The number of rotatable bonds is 9. The fraction of sp³-hybridized carbons (Fsp3) is 0.522. The molecule has 0 bridgehead atoms. The van der Waals surface area contributed by atoms with Gasteiger partial charge in [0, 0.05) is 50.2 Å². The Bertz CT molecular complexity index is 978. The van der Waals surface area contributed by atoms with E-state index in [-0.39, 0.29) is 17.0 Å². The first-order chi connectivity index (χ1) is 14.7. The molecule has 31 heavy (non-hydrogen) atoms. The zero-order valence-corrected chi connectivity index (χ0v) is 19.7. The predicted octanol–water partition coefficient (Wildman–Crippen LogP) is 3.33. The molecular formula is C23H34N8. The molecule has 0 spiro atoms. The summed E-state index contributed by atoms with van der Waals surface area (Å²) in [6.07, 6.45) is 6.40.